The molecule has 4 heteroatoms. The predicted octanol–water partition coefficient (Wildman–Crippen LogP) is 3.98. The molecule has 0 fully saturated rings. The van der Waals surface area contributed by atoms with E-state index in [1.807, 2.05) is 11.7 Å². The zero-order valence-electron chi connectivity index (χ0n) is 13.9. The third kappa shape index (κ3) is 5.10. The number of aromatic nitrogens is 2. The second kappa shape index (κ2) is 7.46. The number of hydrogen-bond acceptors (Lipinski definition) is 2. The van der Waals surface area contributed by atoms with Gasteiger partial charge in [-0.25, -0.2) is 0 Å². The number of rotatable bonds is 7. The van der Waals surface area contributed by atoms with Gasteiger partial charge in [0.15, 0.2) is 0 Å². The summed E-state index contributed by atoms with van der Waals surface area (Å²) in [7, 11) is 1.99. The Balaban J connectivity index is 2.86. The first-order valence-corrected chi connectivity index (χ1v) is 8.09. The van der Waals surface area contributed by atoms with E-state index in [1.165, 1.54) is 0 Å². The summed E-state index contributed by atoms with van der Waals surface area (Å²) in [6, 6.07) is 0.451. The van der Waals surface area contributed by atoms with Crippen molar-refractivity contribution in [1.82, 2.24) is 15.1 Å². The maximum absolute atomic E-state index is 6.47. The standard InChI is InChI=1S/C16H30ClN3/c1-7-9-18-12(11-16(3,4)5)10-14-15(17)13(8-2)19-20(14)6/h12,18H,7-11H2,1-6H3. The minimum Gasteiger partial charge on any atom is -0.314 e. The van der Waals surface area contributed by atoms with Crippen LogP contribution < -0.4 is 5.32 Å². The Kier molecular flexibility index (Phi) is 6.53. The van der Waals surface area contributed by atoms with Crippen LogP contribution in [0.15, 0.2) is 0 Å². The summed E-state index contributed by atoms with van der Waals surface area (Å²) in [5.74, 6) is 0. The summed E-state index contributed by atoms with van der Waals surface area (Å²) < 4.78 is 1.95. The maximum atomic E-state index is 6.47. The van der Waals surface area contributed by atoms with Crippen LogP contribution in [0.4, 0.5) is 0 Å². The summed E-state index contributed by atoms with van der Waals surface area (Å²) in [5, 5.41) is 9.03. The summed E-state index contributed by atoms with van der Waals surface area (Å²) in [6.07, 6.45) is 4.12. The maximum Gasteiger partial charge on any atom is 0.0850 e. The molecule has 1 unspecified atom stereocenters. The molecule has 0 aromatic carbocycles. The summed E-state index contributed by atoms with van der Waals surface area (Å²) in [4.78, 5) is 0. The van der Waals surface area contributed by atoms with Crippen molar-refractivity contribution in [1.29, 1.82) is 0 Å². The van der Waals surface area contributed by atoms with E-state index in [1.54, 1.807) is 0 Å². The summed E-state index contributed by atoms with van der Waals surface area (Å²) in [5.41, 5.74) is 2.47. The number of halogens is 1. The van der Waals surface area contributed by atoms with Crippen LogP contribution >= 0.6 is 11.6 Å². The van der Waals surface area contributed by atoms with Gasteiger partial charge in [-0.05, 0) is 31.2 Å². The lowest BCUT2D eigenvalue weighted by Gasteiger charge is -2.27. The molecule has 0 saturated carbocycles. The molecule has 3 nitrogen and oxygen atoms in total. The average molecular weight is 300 g/mol. The molecule has 1 aromatic rings. The lowest BCUT2D eigenvalue weighted by molar-refractivity contribution is 0.304. The third-order valence-corrected chi connectivity index (χ3v) is 3.92. The Morgan fingerprint density at radius 3 is 2.40 bits per heavy atom. The molecule has 0 aliphatic heterocycles. The molecule has 1 aromatic heterocycles. The molecule has 0 radical (unpaired) electrons. The molecule has 0 saturated heterocycles. The van der Waals surface area contributed by atoms with Crippen LogP contribution in [0.1, 0.15) is 58.8 Å². The van der Waals surface area contributed by atoms with E-state index in [0.717, 1.165) is 48.6 Å². The molecular formula is C16H30ClN3. The molecule has 116 valence electrons. The number of hydrogen-bond donors (Lipinski definition) is 1. The average Bonchev–Trinajstić information content (AvgIpc) is 2.61. The molecule has 0 spiro atoms. The summed E-state index contributed by atoms with van der Waals surface area (Å²) >= 11 is 6.47. The van der Waals surface area contributed by atoms with Crippen LogP contribution in [0.3, 0.4) is 0 Å². The van der Waals surface area contributed by atoms with Gasteiger partial charge in [-0.15, -0.1) is 0 Å². The minimum atomic E-state index is 0.310. The lowest BCUT2D eigenvalue weighted by Crippen LogP contribution is -2.35. The van der Waals surface area contributed by atoms with Crippen molar-refractivity contribution in [2.45, 2.75) is 66.3 Å². The number of aryl methyl sites for hydroxylation is 2. The molecule has 20 heavy (non-hydrogen) atoms. The van der Waals surface area contributed by atoms with Gasteiger partial charge in [0.05, 0.1) is 16.4 Å². The fraction of sp³-hybridized carbons (Fsp3) is 0.812. The zero-order valence-corrected chi connectivity index (χ0v) is 14.6. The highest BCUT2D eigenvalue weighted by Gasteiger charge is 2.22. The Hall–Kier alpha value is -0.540. The third-order valence-electron chi connectivity index (χ3n) is 3.48. The molecule has 0 bridgehead atoms. The Morgan fingerprint density at radius 1 is 1.30 bits per heavy atom. The minimum absolute atomic E-state index is 0.310. The van der Waals surface area contributed by atoms with Gasteiger partial charge >= 0.3 is 0 Å². The van der Waals surface area contributed by atoms with E-state index >= 15 is 0 Å². The highest BCUT2D eigenvalue weighted by Crippen LogP contribution is 2.26. The van der Waals surface area contributed by atoms with Crippen LogP contribution in [0.2, 0.25) is 5.02 Å². The van der Waals surface area contributed by atoms with Crippen molar-refractivity contribution in [3.8, 4) is 0 Å². The molecule has 1 N–H and O–H groups in total. The normalized spacial score (nSPS) is 13.8. The molecule has 1 rings (SSSR count). The zero-order chi connectivity index (χ0) is 15.3. The van der Waals surface area contributed by atoms with Gasteiger partial charge in [0.2, 0.25) is 0 Å². The van der Waals surface area contributed by atoms with E-state index in [4.69, 9.17) is 11.6 Å². The van der Waals surface area contributed by atoms with Crippen molar-refractivity contribution >= 4 is 11.6 Å². The Labute approximate surface area is 129 Å². The molecule has 0 aliphatic rings. The highest BCUT2D eigenvalue weighted by molar-refractivity contribution is 6.31. The predicted molar refractivity (Wildman–Crippen MR) is 87.5 cm³/mol. The smallest absolute Gasteiger partial charge is 0.0850 e. The van der Waals surface area contributed by atoms with E-state index < -0.39 is 0 Å². The molecular weight excluding hydrogens is 270 g/mol. The number of nitrogens with one attached hydrogen (secondary N) is 1. The van der Waals surface area contributed by atoms with Crippen molar-refractivity contribution in [3.05, 3.63) is 16.4 Å². The van der Waals surface area contributed by atoms with Crippen LogP contribution in [-0.2, 0) is 19.9 Å². The van der Waals surface area contributed by atoms with Gasteiger partial charge in [0, 0.05) is 19.5 Å². The van der Waals surface area contributed by atoms with E-state index in [9.17, 15) is 0 Å². The van der Waals surface area contributed by atoms with Crippen LogP contribution in [0, 0.1) is 5.41 Å². The number of nitrogens with zero attached hydrogens (tertiary/aromatic N) is 2. The van der Waals surface area contributed by atoms with E-state index in [0.29, 0.717) is 11.5 Å². The highest BCUT2D eigenvalue weighted by atomic mass is 35.5. The van der Waals surface area contributed by atoms with Gasteiger partial charge in [-0.2, -0.15) is 5.10 Å². The van der Waals surface area contributed by atoms with Crippen molar-refractivity contribution in [3.63, 3.8) is 0 Å². The lowest BCUT2D eigenvalue weighted by atomic mass is 9.86. The monoisotopic (exact) mass is 299 g/mol. The first-order chi connectivity index (χ1) is 9.28. The van der Waals surface area contributed by atoms with Gasteiger partial charge < -0.3 is 5.32 Å². The van der Waals surface area contributed by atoms with Crippen molar-refractivity contribution < 1.29 is 0 Å². The fourth-order valence-electron chi connectivity index (χ4n) is 2.58. The largest absolute Gasteiger partial charge is 0.314 e. The Bertz CT molecular complexity index is 418. The van der Waals surface area contributed by atoms with Crippen LogP contribution in [0.25, 0.3) is 0 Å². The fourth-order valence-corrected chi connectivity index (χ4v) is 2.95. The topological polar surface area (TPSA) is 29.9 Å². The molecule has 1 heterocycles. The van der Waals surface area contributed by atoms with Gasteiger partial charge in [0.1, 0.15) is 0 Å². The second-order valence-electron chi connectivity index (χ2n) is 6.80. The van der Waals surface area contributed by atoms with Gasteiger partial charge in [-0.1, -0.05) is 46.2 Å². The van der Waals surface area contributed by atoms with Crippen LogP contribution in [0.5, 0.6) is 0 Å². The first-order valence-electron chi connectivity index (χ1n) is 7.72. The summed E-state index contributed by atoms with van der Waals surface area (Å²) in [6.45, 7) is 12.2. The SMILES string of the molecule is CCCNC(Cc1c(Cl)c(CC)nn1C)CC(C)(C)C. The molecule has 0 aliphatic carbocycles. The quantitative estimate of drug-likeness (QED) is 0.825. The Morgan fingerprint density at radius 2 is 1.95 bits per heavy atom. The van der Waals surface area contributed by atoms with Crippen molar-refractivity contribution in [2.75, 3.05) is 6.54 Å². The van der Waals surface area contributed by atoms with Crippen LogP contribution in [-0.4, -0.2) is 22.4 Å². The van der Waals surface area contributed by atoms with E-state index in [2.05, 4.69) is 45.0 Å². The van der Waals surface area contributed by atoms with Gasteiger partial charge in [-0.3, -0.25) is 4.68 Å². The molecule has 1 atom stereocenters. The van der Waals surface area contributed by atoms with Gasteiger partial charge in [0.25, 0.3) is 0 Å². The molecule has 0 amide bonds. The van der Waals surface area contributed by atoms with E-state index in [-0.39, 0.29) is 0 Å². The first kappa shape index (κ1) is 17.5. The second-order valence-corrected chi connectivity index (χ2v) is 7.18. The van der Waals surface area contributed by atoms with Crippen molar-refractivity contribution in [2.24, 2.45) is 12.5 Å².